The van der Waals surface area contributed by atoms with Crippen LogP contribution in [0.2, 0.25) is 0 Å². The highest BCUT2D eigenvalue weighted by Crippen LogP contribution is 2.21. The standard InChI is InChI=1S/C50H98N2O6/c1-7-9-11-13-19-26-35-47(36-27-20-14-12-10-8-2)50(55)58-44-32-23-17-21-29-40-52(42-45-57-49(54)38-33-39-51(5)6)41-30-24-28-37-48(53)56-43-31-22-16-15-18-25-34-46(3)4/h46-47H,7-45H2,1-6H3. The molecular weight excluding hydrogens is 725 g/mol. The average molecular weight is 823 g/mol. The van der Waals surface area contributed by atoms with Gasteiger partial charge in [0.2, 0.25) is 0 Å². The summed E-state index contributed by atoms with van der Waals surface area (Å²) in [6.07, 6.45) is 35.7. The van der Waals surface area contributed by atoms with Crippen molar-refractivity contribution in [2.45, 2.75) is 233 Å². The van der Waals surface area contributed by atoms with Gasteiger partial charge in [-0.1, -0.05) is 169 Å². The molecule has 0 saturated carbocycles. The molecule has 0 fully saturated rings. The van der Waals surface area contributed by atoms with Gasteiger partial charge < -0.3 is 19.1 Å². The third kappa shape index (κ3) is 41.1. The van der Waals surface area contributed by atoms with E-state index in [4.69, 9.17) is 14.2 Å². The molecule has 0 heterocycles. The van der Waals surface area contributed by atoms with Crippen LogP contribution in [0.25, 0.3) is 0 Å². The lowest BCUT2D eigenvalue weighted by molar-refractivity contribution is -0.149. The second-order valence-corrected chi connectivity index (χ2v) is 18.0. The van der Waals surface area contributed by atoms with E-state index in [-0.39, 0.29) is 23.8 Å². The van der Waals surface area contributed by atoms with Crippen LogP contribution in [0.4, 0.5) is 0 Å². The Hall–Kier alpha value is -1.67. The van der Waals surface area contributed by atoms with Crippen molar-refractivity contribution in [3.8, 4) is 0 Å². The predicted octanol–water partition coefficient (Wildman–Crippen LogP) is 13.3. The number of rotatable bonds is 45. The van der Waals surface area contributed by atoms with Gasteiger partial charge in [0.25, 0.3) is 0 Å². The van der Waals surface area contributed by atoms with E-state index in [1.165, 1.54) is 96.3 Å². The number of nitrogens with zero attached hydrogens (tertiary/aromatic N) is 2. The Balaban J connectivity index is 4.46. The monoisotopic (exact) mass is 823 g/mol. The number of hydrogen-bond acceptors (Lipinski definition) is 8. The van der Waals surface area contributed by atoms with Crippen LogP contribution >= 0.6 is 0 Å². The molecule has 0 aliphatic rings. The number of carbonyl (C=O) groups is 3. The predicted molar refractivity (Wildman–Crippen MR) is 245 cm³/mol. The molecule has 0 unspecified atom stereocenters. The smallest absolute Gasteiger partial charge is 0.308 e. The first-order valence-corrected chi connectivity index (χ1v) is 25.0. The summed E-state index contributed by atoms with van der Waals surface area (Å²) in [6.45, 7) is 14.2. The highest BCUT2D eigenvalue weighted by Gasteiger charge is 2.19. The largest absolute Gasteiger partial charge is 0.466 e. The zero-order valence-electron chi connectivity index (χ0n) is 39.6. The quantitative estimate of drug-likeness (QED) is 0.0341. The zero-order valence-corrected chi connectivity index (χ0v) is 39.6. The van der Waals surface area contributed by atoms with Crippen molar-refractivity contribution >= 4 is 17.9 Å². The van der Waals surface area contributed by atoms with Gasteiger partial charge in [-0.05, 0) is 91.0 Å². The van der Waals surface area contributed by atoms with E-state index in [9.17, 15) is 14.4 Å². The molecule has 0 saturated heterocycles. The van der Waals surface area contributed by atoms with Gasteiger partial charge in [-0.3, -0.25) is 19.3 Å². The van der Waals surface area contributed by atoms with E-state index >= 15 is 0 Å². The highest BCUT2D eigenvalue weighted by molar-refractivity contribution is 5.72. The molecule has 0 spiro atoms. The second-order valence-electron chi connectivity index (χ2n) is 18.0. The Morgan fingerprint density at radius 1 is 0.414 bits per heavy atom. The van der Waals surface area contributed by atoms with Crippen LogP contribution in [-0.2, 0) is 28.6 Å². The van der Waals surface area contributed by atoms with Crippen LogP contribution in [-0.4, -0.2) is 87.8 Å². The number of ether oxygens (including phenoxy) is 3. The second kappa shape index (κ2) is 43.4. The van der Waals surface area contributed by atoms with Crippen LogP contribution in [0, 0.1) is 11.8 Å². The first-order valence-electron chi connectivity index (χ1n) is 25.0. The number of carbonyl (C=O) groups excluding carboxylic acids is 3. The topological polar surface area (TPSA) is 85.4 Å². The van der Waals surface area contributed by atoms with E-state index in [0.717, 1.165) is 128 Å². The van der Waals surface area contributed by atoms with Gasteiger partial charge in [-0.15, -0.1) is 0 Å². The molecule has 0 aliphatic heterocycles. The van der Waals surface area contributed by atoms with Gasteiger partial charge in [0.15, 0.2) is 0 Å². The molecule has 0 rings (SSSR count). The van der Waals surface area contributed by atoms with Gasteiger partial charge in [-0.2, -0.15) is 0 Å². The van der Waals surface area contributed by atoms with E-state index in [1.807, 2.05) is 14.1 Å². The third-order valence-corrected chi connectivity index (χ3v) is 11.5. The van der Waals surface area contributed by atoms with Crippen LogP contribution in [0.15, 0.2) is 0 Å². The van der Waals surface area contributed by atoms with Gasteiger partial charge >= 0.3 is 17.9 Å². The fourth-order valence-electron chi connectivity index (χ4n) is 7.62. The van der Waals surface area contributed by atoms with Crippen molar-refractivity contribution in [2.24, 2.45) is 11.8 Å². The summed E-state index contributed by atoms with van der Waals surface area (Å²) in [7, 11) is 4.04. The van der Waals surface area contributed by atoms with Gasteiger partial charge in [0.05, 0.1) is 19.1 Å². The molecule has 0 aliphatic carbocycles. The summed E-state index contributed by atoms with van der Waals surface area (Å²) in [6, 6.07) is 0. The Kier molecular flexibility index (Phi) is 42.2. The van der Waals surface area contributed by atoms with Crippen molar-refractivity contribution in [3.05, 3.63) is 0 Å². The average Bonchev–Trinajstić information content (AvgIpc) is 3.19. The fraction of sp³-hybridized carbons (Fsp3) is 0.940. The van der Waals surface area contributed by atoms with E-state index in [1.54, 1.807) is 0 Å². The number of esters is 3. The van der Waals surface area contributed by atoms with E-state index < -0.39 is 0 Å². The summed E-state index contributed by atoms with van der Waals surface area (Å²) in [5, 5.41) is 0. The van der Waals surface area contributed by atoms with E-state index in [2.05, 4.69) is 37.5 Å². The van der Waals surface area contributed by atoms with Crippen molar-refractivity contribution in [2.75, 3.05) is 60.1 Å². The molecule has 0 aromatic rings. The Morgan fingerprint density at radius 3 is 1.34 bits per heavy atom. The van der Waals surface area contributed by atoms with Gasteiger partial charge in [-0.25, -0.2) is 0 Å². The van der Waals surface area contributed by atoms with Crippen molar-refractivity contribution < 1.29 is 28.6 Å². The lowest BCUT2D eigenvalue weighted by atomic mass is 9.94. The maximum absolute atomic E-state index is 13.1. The summed E-state index contributed by atoms with van der Waals surface area (Å²) in [5.74, 6) is 0.738. The van der Waals surface area contributed by atoms with Crippen LogP contribution in [0.3, 0.4) is 0 Å². The fourth-order valence-corrected chi connectivity index (χ4v) is 7.62. The summed E-state index contributed by atoms with van der Waals surface area (Å²) >= 11 is 0. The minimum atomic E-state index is -0.112. The molecule has 0 aromatic heterocycles. The summed E-state index contributed by atoms with van der Waals surface area (Å²) < 4.78 is 16.9. The summed E-state index contributed by atoms with van der Waals surface area (Å²) in [5.41, 5.74) is 0. The highest BCUT2D eigenvalue weighted by atomic mass is 16.5. The van der Waals surface area contributed by atoms with Crippen molar-refractivity contribution in [1.82, 2.24) is 9.80 Å². The third-order valence-electron chi connectivity index (χ3n) is 11.5. The normalized spacial score (nSPS) is 11.7. The number of unbranched alkanes of at least 4 members (excludes halogenated alkanes) is 21. The molecule has 0 atom stereocenters. The molecule has 58 heavy (non-hydrogen) atoms. The van der Waals surface area contributed by atoms with Gasteiger partial charge in [0, 0.05) is 19.4 Å². The maximum Gasteiger partial charge on any atom is 0.308 e. The lowest BCUT2D eigenvalue weighted by Crippen LogP contribution is -2.30. The maximum atomic E-state index is 13.1. The minimum Gasteiger partial charge on any atom is -0.466 e. The Bertz CT molecular complexity index is 897. The minimum absolute atomic E-state index is 0.0432. The lowest BCUT2D eigenvalue weighted by Gasteiger charge is -2.22. The van der Waals surface area contributed by atoms with Crippen LogP contribution in [0.5, 0.6) is 0 Å². The van der Waals surface area contributed by atoms with Crippen molar-refractivity contribution in [3.63, 3.8) is 0 Å². The SMILES string of the molecule is CCCCCCCCC(CCCCCCCC)C(=O)OCCCCCCCN(CCCCCC(=O)OCCCCCCCCC(C)C)CCOC(=O)CCCN(C)C. The molecule has 8 heteroatoms. The van der Waals surface area contributed by atoms with Crippen LogP contribution < -0.4 is 0 Å². The van der Waals surface area contributed by atoms with Gasteiger partial charge in [0.1, 0.15) is 6.61 Å². The molecule has 0 bridgehead atoms. The van der Waals surface area contributed by atoms with Crippen molar-refractivity contribution in [1.29, 1.82) is 0 Å². The Labute approximate surface area is 360 Å². The summed E-state index contributed by atoms with van der Waals surface area (Å²) in [4.78, 5) is 42.1. The Morgan fingerprint density at radius 2 is 0.828 bits per heavy atom. The van der Waals surface area contributed by atoms with E-state index in [0.29, 0.717) is 32.7 Å². The molecule has 0 N–H and O–H groups in total. The number of hydrogen-bond donors (Lipinski definition) is 0. The molecule has 0 amide bonds. The molecule has 0 radical (unpaired) electrons. The van der Waals surface area contributed by atoms with Crippen LogP contribution in [0.1, 0.15) is 233 Å². The molecular formula is C50H98N2O6. The first kappa shape index (κ1) is 56.3. The first-order chi connectivity index (χ1) is 28.2. The molecule has 8 nitrogen and oxygen atoms in total. The zero-order chi connectivity index (χ0) is 42.7. The molecule has 344 valence electrons. The molecule has 0 aromatic carbocycles.